The molecule has 0 aliphatic rings. The van der Waals surface area contributed by atoms with Gasteiger partial charge in [-0.25, -0.2) is 0 Å². The molecule has 0 aliphatic heterocycles. The summed E-state index contributed by atoms with van der Waals surface area (Å²) in [6.07, 6.45) is 3.79. The number of carbonyl (C=O) groups excluding carboxylic acids is 2. The monoisotopic (exact) mass is 407 g/mol. The van der Waals surface area contributed by atoms with Gasteiger partial charge in [0.1, 0.15) is 6.04 Å². The van der Waals surface area contributed by atoms with E-state index in [-0.39, 0.29) is 11.8 Å². The zero-order valence-electron chi connectivity index (χ0n) is 16.1. The standard InChI is InChI=1S/C23H22ClN3O2/c1-27(16-18-11-13-25-14-12-18)23(29)21(15-17-5-3-2-4-6-17)26-22(28)19-7-9-20(24)10-8-19/h2-14,21H,15-16H2,1H3,(H,26,28). The Hall–Kier alpha value is -3.18. The van der Waals surface area contributed by atoms with Crippen LogP contribution in [0.25, 0.3) is 0 Å². The lowest BCUT2D eigenvalue weighted by Crippen LogP contribution is -2.48. The first-order valence-corrected chi connectivity index (χ1v) is 9.65. The number of pyridine rings is 1. The Morgan fingerprint density at radius 3 is 2.28 bits per heavy atom. The van der Waals surface area contributed by atoms with Gasteiger partial charge in [-0.1, -0.05) is 41.9 Å². The fraction of sp³-hybridized carbons (Fsp3) is 0.174. The van der Waals surface area contributed by atoms with Crippen molar-refractivity contribution >= 4 is 23.4 Å². The summed E-state index contributed by atoms with van der Waals surface area (Å²) < 4.78 is 0. The summed E-state index contributed by atoms with van der Waals surface area (Å²) in [4.78, 5) is 31.5. The van der Waals surface area contributed by atoms with Crippen molar-refractivity contribution in [3.05, 3.63) is 101 Å². The van der Waals surface area contributed by atoms with E-state index in [9.17, 15) is 9.59 Å². The van der Waals surface area contributed by atoms with E-state index in [0.717, 1.165) is 11.1 Å². The number of hydrogen-bond donors (Lipinski definition) is 1. The Morgan fingerprint density at radius 2 is 1.62 bits per heavy atom. The van der Waals surface area contributed by atoms with Gasteiger partial charge >= 0.3 is 0 Å². The molecular formula is C23H22ClN3O2. The molecule has 0 spiro atoms. The summed E-state index contributed by atoms with van der Waals surface area (Å²) in [6.45, 7) is 0.434. The normalized spacial score (nSPS) is 11.5. The molecule has 6 heteroatoms. The Balaban J connectivity index is 1.77. The fourth-order valence-corrected chi connectivity index (χ4v) is 3.12. The van der Waals surface area contributed by atoms with Crippen molar-refractivity contribution in [1.29, 1.82) is 0 Å². The van der Waals surface area contributed by atoms with E-state index < -0.39 is 6.04 Å². The highest BCUT2D eigenvalue weighted by atomic mass is 35.5. The Labute approximate surface area is 175 Å². The second-order valence-corrected chi connectivity index (χ2v) is 7.21. The third-order valence-corrected chi connectivity index (χ3v) is 4.79. The molecule has 1 atom stereocenters. The number of hydrogen-bond acceptors (Lipinski definition) is 3. The minimum atomic E-state index is -0.688. The van der Waals surface area contributed by atoms with Crippen LogP contribution in [0, 0.1) is 0 Å². The highest BCUT2D eigenvalue weighted by Gasteiger charge is 2.25. The molecule has 2 amide bonds. The number of nitrogens with zero attached hydrogens (tertiary/aromatic N) is 2. The van der Waals surface area contributed by atoms with Gasteiger partial charge in [-0.3, -0.25) is 14.6 Å². The molecule has 2 aromatic carbocycles. The molecule has 0 radical (unpaired) electrons. The third kappa shape index (κ3) is 5.90. The minimum absolute atomic E-state index is 0.159. The third-order valence-electron chi connectivity index (χ3n) is 4.54. The molecule has 3 rings (SSSR count). The van der Waals surface area contributed by atoms with E-state index >= 15 is 0 Å². The zero-order valence-corrected chi connectivity index (χ0v) is 16.8. The van der Waals surface area contributed by atoms with Crippen LogP contribution >= 0.6 is 11.6 Å². The van der Waals surface area contributed by atoms with Crippen LogP contribution in [0.3, 0.4) is 0 Å². The predicted octanol–water partition coefficient (Wildman–Crippen LogP) is 3.73. The molecule has 0 fully saturated rings. The predicted molar refractivity (Wildman–Crippen MR) is 114 cm³/mol. The van der Waals surface area contributed by atoms with Crippen LogP contribution in [0.15, 0.2) is 79.1 Å². The minimum Gasteiger partial charge on any atom is -0.340 e. The number of carbonyl (C=O) groups is 2. The largest absolute Gasteiger partial charge is 0.340 e. The van der Waals surface area contributed by atoms with Gasteiger partial charge in [0.05, 0.1) is 0 Å². The van der Waals surface area contributed by atoms with Crippen LogP contribution < -0.4 is 5.32 Å². The maximum Gasteiger partial charge on any atom is 0.251 e. The molecule has 0 bridgehead atoms. The number of likely N-dealkylation sites (N-methyl/N-ethyl adjacent to an activating group) is 1. The van der Waals surface area contributed by atoms with Crippen molar-refractivity contribution in [1.82, 2.24) is 15.2 Å². The summed E-state index contributed by atoms with van der Waals surface area (Å²) in [7, 11) is 1.73. The van der Waals surface area contributed by atoms with E-state index in [1.165, 1.54) is 0 Å². The maximum atomic E-state index is 13.1. The number of rotatable bonds is 7. The van der Waals surface area contributed by atoms with Gasteiger partial charge in [-0.05, 0) is 47.5 Å². The second-order valence-electron chi connectivity index (χ2n) is 6.77. The van der Waals surface area contributed by atoms with Gasteiger partial charge in [0.15, 0.2) is 0 Å². The van der Waals surface area contributed by atoms with Crippen LogP contribution in [0.2, 0.25) is 5.02 Å². The number of halogens is 1. The molecule has 5 nitrogen and oxygen atoms in total. The molecule has 0 aliphatic carbocycles. The highest BCUT2D eigenvalue weighted by Crippen LogP contribution is 2.12. The zero-order chi connectivity index (χ0) is 20.6. The molecule has 29 heavy (non-hydrogen) atoms. The van der Waals surface area contributed by atoms with Crippen LogP contribution in [0.4, 0.5) is 0 Å². The van der Waals surface area contributed by atoms with Crippen molar-refractivity contribution in [3.63, 3.8) is 0 Å². The van der Waals surface area contributed by atoms with Gasteiger partial charge in [-0.15, -0.1) is 0 Å². The molecule has 3 aromatic rings. The lowest BCUT2D eigenvalue weighted by molar-refractivity contribution is -0.132. The number of nitrogens with one attached hydrogen (secondary N) is 1. The molecule has 1 heterocycles. The summed E-state index contributed by atoms with van der Waals surface area (Å²) in [5.41, 5.74) is 2.40. The van der Waals surface area contributed by atoms with Crippen molar-refractivity contribution in [2.45, 2.75) is 19.0 Å². The van der Waals surface area contributed by atoms with Gasteiger partial charge in [-0.2, -0.15) is 0 Å². The van der Waals surface area contributed by atoms with Crippen molar-refractivity contribution in [2.75, 3.05) is 7.05 Å². The van der Waals surface area contributed by atoms with E-state index in [4.69, 9.17) is 11.6 Å². The first kappa shape index (κ1) is 20.6. The van der Waals surface area contributed by atoms with Crippen LogP contribution in [0.1, 0.15) is 21.5 Å². The summed E-state index contributed by atoms with van der Waals surface area (Å²) in [5, 5.41) is 3.43. The molecule has 1 aromatic heterocycles. The van der Waals surface area contributed by atoms with E-state index in [2.05, 4.69) is 10.3 Å². The van der Waals surface area contributed by atoms with E-state index in [0.29, 0.717) is 23.6 Å². The van der Waals surface area contributed by atoms with Crippen LogP contribution in [-0.2, 0) is 17.8 Å². The summed E-state index contributed by atoms with van der Waals surface area (Å²) >= 11 is 5.90. The van der Waals surface area contributed by atoms with Gasteiger partial charge in [0.2, 0.25) is 5.91 Å². The molecule has 1 unspecified atom stereocenters. The van der Waals surface area contributed by atoms with Crippen molar-refractivity contribution < 1.29 is 9.59 Å². The number of aromatic nitrogens is 1. The Bertz CT molecular complexity index is 947. The smallest absolute Gasteiger partial charge is 0.251 e. The average Bonchev–Trinajstić information content (AvgIpc) is 2.74. The quantitative estimate of drug-likeness (QED) is 0.649. The van der Waals surface area contributed by atoms with Gasteiger partial charge < -0.3 is 10.2 Å². The maximum absolute atomic E-state index is 13.1. The molecule has 148 valence electrons. The lowest BCUT2D eigenvalue weighted by atomic mass is 10.0. The van der Waals surface area contributed by atoms with Crippen molar-refractivity contribution in [2.24, 2.45) is 0 Å². The van der Waals surface area contributed by atoms with Crippen LogP contribution in [0.5, 0.6) is 0 Å². The highest BCUT2D eigenvalue weighted by molar-refractivity contribution is 6.30. The molecule has 0 saturated carbocycles. The molecule has 0 saturated heterocycles. The molecule has 1 N–H and O–H groups in total. The lowest BCUT2D eigenvalue weighted by Gasteiger charge is -2.25. The fourth-order valence-electron chi connectivity index (χ4n) is 3.00. The number of amides is 2. The van der Waals surface area contributed by atoms with Gasteiger partial charge in [0.25, 0.3) is 5.91 Å². The first-order chi connectivity index (χ1) is 14.0. The van der Waals surface area contributed by atoms with Crippen LogP contribution in [-0.4, -0.2) is 34.8 Å². The summed E-state index contributed by atoms with van der Waals surface area (Å²) in [6, 6.07) is 19.3. The van der Waals surface area contributed by atoms with Gasteiger partial charge in [0, 0.05) is 43.0 Å². The summed E-state index contributed by atoms with van der Waals surface area (Å²) in [5.74, 6) is -0.471. The number of benzene rings is 2. The van der Waals surface area contributed by atoms with Crippen molar-refractivity contribution in [3.8, 4) is 0 Å². The Morgan fingerprint density at radius 1 is 0.966 bits per heavy atom. The van der Waals surface area contributed by atoms with E-state index in [1.807, 2.05) is 42.5 Å². The Kier molecular flexibility index (Phi) is 6.98. The second kappa shape index (κ2) is 9.85. The molecular weight excluding hydrogens is 386 g/mol. The SMILES string of the molecule is CN(Cc1ccncc1)C(=O)C(Cc1ccccc1)NC(=O)c1ccc(Cl)cc1. The van der Waals surface area contributed by atoms with E-state index in [1.54, 1.807) is 48.6 Å². The first-order valence-electron chi connectivity index (χ1n) is 9.27. The topological polar surface area (TPSA) is 62.3 Å². The average molecular weight is 408 g/mol.